The number of benzene rings is 2. The van der Waals surface area contributed by atoms with Gasteiger partial charge in [-0.25, -0.2) is 4.68 Å². The molecule has 3 aromatic rings. The summed E-state index contributed by atoms with van der Waals surface area (Å²) in [5, 5.41) is 17.2. The zero-order valence-corrected chi connectivity index (χ0v) is 12.6. The average Bonchev–Trinajstić information content (AvgIpc) is 2.98. The molecule has 4 heteroatoms. The van der Waals surface area contributed by atoms with Gasteiger partial charge in [-0.15, -0.1) is 5.10 Å². The fourth-order valence-electron chi connectivity index (χ4n) is 2.41. The van der Waals surface area contributed by atoms with Gasteiger partial charge in [-0.1, -0.05) is 29.5 Å². The number of hydrogen-bond acceptors (Lipinski definition) is 3. The zero-order chi connectivity index (χ0) is 15.5. The minimum absolute atomic E-state index is 0.595. The van der Waals surface area contributed by atoms with Crippen molar-refractivity contribution in [2.45, 2.75) is 20.4 Å². The molecule has 0 fully saturated rings. The molecule has 3 rings (SSSR count). The lowest BCUT2D eigenvalue weighted by Crippen LogP contribution is -2.04. The van der Waals surface area contributed by atoms with Crippen LogP contribution in [-0.4, -0.2) is 15.0 Å². The first-order chi connectivity index (χ1) is 10.7. The summed E-state index contributed by atoms with van der Waals surface area (Å²) in [7, 11) is 0. The van der Waals surface area contributed by atoms with Gasteiger partial charge in [-0.3, -0.25) is 0 Å². The fraction of sp³-hybridized carbons (Fsp3) is 0.167. The second-order valence-corrected chi connectivity index (χ2v) is 5.39. The van der Waals surface area contributed by atoms with Crippen molar-refractivity contribution >= 4 is 0 Å². The molecule has 4 nitrogen and oxygen atoms in total. The summed E-state index contributed by atoms with van der Waals surface area (Å²) in [5.74, 6) is 0. The highest BCUT2D eigenvalue weighted by Crippen LogP contribution is 2.22. The Morgan fingerprint density at radius 2 is 1.95 bits per heavy atom. The van der Waals surface area contributed by atoms with Crippen molar-refractivity contribution in [1.29, 1.82) is 5.26 Å². The van der Waals surface area contributed by atoms with Crippen molar-refractivity contribution in [2.75, 3.05) is 0 Å². The quantitative estimate of drug-likeness (QED) is 0.741. The third-order valence-electron chi connectivity index (χ3n) is 3.81. The molecule has 1 aromatic heterocycles. The van der Waals surface area contributed by atoms with Crippen LogP contribution in [-0.2, 0) is 6.54 Å². The van der Waals surface area contributed by atoms with E-state index in [4.69, 9.17) is 5.26 Å². The van der Waals surface area contributed by atoms with E-state index in [0.717, 1.165) is 16.8 Å². The van der Waals surface area contributed by atoms with Crippen LogP contribution in [0.4, 0.5) is 0 Å². The molecular weight excluding hydrogens is 272 g/mol. The predicted molar refractivity (Wildman–Crippen MR) is 85.2 cm³/mol. The maximum absolute atomic E-state index is 8.99. The van der Waals surface area contributed by atoms with Gasteiger partial charge in [0.15, 0.2) is 0 Å². The van der Waals surface area contributed by atoms with E-state index in [0.29, 0.717) is 12.1 Å². The van der Waals surface area contributed by atoms with Gasteiger partial charge in [0.25, 0.3) is 0 Å². The van der Waals surface area contributed by atoms with Crippen molar-refractivity contribution < 1.29 is 0 Å². The molecule has 0 aliphatic carbocycles. The second-order valence-electron chi connectivity index (χ2n) is 5.39. The first-order valence-corrected chi connectivity index (χ1v) is 7.12. The minimum atomic E-state index is 0.595. The largest absolute Gasteiger partial charge is 0.240 e. The van der Waals surface area contributed by atoms with Crippen LogP contribution in [0.25, 0.3) is 11.3 Å². The molecule has 108 valence electrons. The van der Waals surface area contributed by atoms with Gasteiger partial charge in [-0.05, 0) is 48.7 Å². The summed E-state index contributed by atoms with van der Waals surface area (Å²) >= 11 is 0. The third-order valence-corrected chi connectivity index (χ3v) is 3.81. The van der Waals surface area contributed by atoms with Gasteiger partial charge in [0.1, 0.15) is 0 Å². The van der Waals surface area contributed by atoms with E-state index in [-0.39, 0.29) is 0 Å². The Balaban J connectivity index is 1.95. The van der Waals surface area contributed by atoms with E-state index in [1.54, 1.807) is 12.3 Å². The van der Waals surface area contributed by atoms with Crippen LogP contribution in [0.2, 0.25) is 0 Å². The van der Waals surface area contributed by atoms with Crippen molar-refractivity contribution in [2.24, 2.45) is 0 Å². The van der Waals surface area contributed by atoms with Crippen molar-refractivity contribution in [1.82, 2.24) is 15.0 Å². The summed E-state index contributed by atoms with van der Waals surface area (Å²) in [4.78, 5) is 0. The average molecular weight is 288 g/mol. The molecule has 2 aromatic carbocycles. The molecule has 0 amide bonds. The van der Waals surface area contributed by atoms with Crippen LogP contribution >= 0.6 is 0 Å². The number of hydrogen-bond donors (Lipinski definition) is 0. The van der Waals surface area contributed by atoms with E-state index in [2.05, 4.69) is 48.4 Å². The number of nitrogens with zero attached hydrogens (tertiary/aromatic N) is 4. The lowest BCUT2D eigenvalue weighted by Gasteiger charge is -2.08. The zero-order valence-electron chi connectivity index (χ0n) is 12.6. The van der Waals surface area contributed by atoms with Crippen LogP contribution in [0.1, 0.15) is 22.3 Å². The van der Waals surface area contributed by atoms with Crippen molar-refractivity contribution in [3.05, 3.63) is 70.9 Å². The van der Waals surface area contributed by atoms with Gasteiger partial charge in [0.05, 0.1) is 30.1 Å². The smallest absolute Gasteiger partial charge is 0.0991 e. The molecule has 0 aliphatic rings. The molecule has 22 heavy (non-hydrogen) atoms. The Bertz CT molecular complexity index is 856. The van der Waals surface area contributed by atoms with Gasteiger partial charge >= 0.3 is 0 Å². The molecule has 0 atom stereocenters. The van der Waals surface area contributed by atoms with Gasteiger partial charge < -0.3 is 0 Å². The summed E-state index contributed by atoms with van der Waals surface area (Å²) in [6, 6.07) is 16.1. The first-order valence-electron chi connectivity index (χ1n) is 7.12. The normalized spacial score (nSPS) is 10.4. The van der Waals surface area contributed by atoms with Gasteiger partial charge in [0.2, 0.25) is 0 Å². The lowest BCUT2D eigenvalue weighted by atomic mass is 10.0. The summed E-state index contributed by atoms with van der Waals surface area (Å²) in [5.41, 5.74) is 6.29. The van der Waals surface area contributed by atoms with Crippen LogP contribution in [0.15, 0.2) is 48.7 Å². The highest BCUT2D eigenvalue weighted by molar-refractivity contribution is 5.60. The molecular formula is C18H16N4. The monoisotopic (exact) mass is 288 g/mol. The lowest BCUT2D eigenvalue weighted by molar-refractivity contribution is 0.655. The third kappa shape index (κ3) is 2.75. The second kappa shape index (κ2) is 5.82. The van der Waals surface area contributed by atoms with Crippen LogP contribution in [0.3, 0.4) is 0 Å². The number of aryl methyl sites for hydroxylation is 2. The van der Waals surface area contributed by atoms with E-state index < -0.39 is 0 Å². The first kappa shape index (κ1) is 14.0. The Kier molecular flexibility index (Phi) is 3.71. The molecule has 0 N–H and O–H groups in total. The van der Waals surface area contributed by atoms with E-state index in [1.165, 1.54) is 11.1 Å². The Morgan fingerprint density at radius 1 is 1.09 bits per heavy atom. The topological polar surface area (TPSA) is 54.5 Å². The highest BCUT2D eigenvalue weighted by atomic mass is 15.4. The Morgan fingerprint density at radius 3 is 2.73 bits per heavy atom. The SMILES string of the molecule is Cc1ccc(-c2cnnn2Cc2cccc(C#N)c2)cc1C. The molecule has 0 aliphatic heterocycles. The molecule has 1 heterocycles. The van der Waals surface area contributed by atoms with E-state index in [1.807, 2.05) is 22.9 Å². The molecule has 0 radical (unpaired) electrons. The summed E-state index contributed by atoms with van der Waals surface area (Å²) in [6.07, 6.45) is 1.78. The molecule has 0 spiro atoms. The van der Waals surface area contributed by atoms with Gasteiger partial charge in [0, 0.05) is 5.56 Å². The Hall–Kier alpha value is -2.93. The standard InChI is InChI=1S/C18H16N4/c1-13-6-7-17(8-14(13)2)18-11-20-21-22(18)12-16-5-3-4-15(9-16)10-19/h3-9,11H,12H2,1-2H3. The number of aromatic nitrogens is 3. The maximum Gasteiger partial charge on any atom is 0.0991 e. The van der Waals surface area contributed by atoms with Crippen molar-refractivity contribution in [3.63, 3.8) is 0 Å². The van der Waals surface area contributed by atoms with Crippen LogP contribution < -0.4 is 0 Å². The molecule has 0 saturated heterocycles. The summed E-state index contributed by atoms with van der Waals surface area (Å²) in [6.45, 7) is 4.79. The molecule has 0 unspecified atom stereocenters. The number of nitriles is 1. The number of rotatable bonds is 3. The molecule has 0 saturated carbocycles. The molecule has 0 bridgehead atoms. The highest BCUT2D eigenvalue weighted by Gasteiger charge is 2.08. The minimum Gasteiger partial charge on any atom is -0.240 e. The van der Waals surface area contributed by atoms with Crippen LogP contribution in [0, 0.1) is 25.2 Å². The van der Waals surface area contributed by atoms with Crippen molar-refractivity contribution in [3.8, 4) is 17.3 Å². The van der Waals surface area contributed by atoms with E-state index >= 15 is 0 Å². The van der Waals surface area contributed by atoms with E-state index in [9.17, 15) is 0 Å². The van der Waals surface area contributed by atoms with Crippen LogP contribution in [0.5, 0.6) is 0 Å². The van der Waals surface area contributed by atoms with Gasteiger partial charge in [-0.2, -0.15) is 5.26 Å². The fourth-order valence-corrected chi connectivity index (χ4v) is 2.41. The summed E-state index contributed by atoms with van der Waals surface area (Å²) < 4.78 is 1.86. The Labute approximate surface area is 129 Å². The predicted octanol–water partition coefficient (Wildman–Crippen LogP) is 3.48. The maximum atomic E-state index is 8.99.